The number of carbonyl (C=O) groups excluding carboxylic acids is 1. The summed E-state index contributed by atoms with van der Waals surface area (Å²) in [4.78, 5) is 23.9. The normalized spacial score (nSPS) is 11.1. The van der Waals surface area contributed by atoms with E-state index in [1.165, 1.54) is 17.0 Å². The maximum Gasteiger partial charge on any atom is 0.321 e. The van der Waals surface area contributed by atoms with Crippen LogP contribution in [-0.2, 0) is 0 Å². The number of nitro benzene ring substituents is 1. The molecule has 0 spiro atoms. The largest absolute Gasteiger partial charge is 0.389 e. The van der Waals surface area contributed by atoms with E-state index in [9.17, 15) is 20.0 Å². The minimum absolute atomic E-state index is 0.0820. The third-order valence-electron chi connectivity index (χ3n) is 2.92. The summed E-state index contributed by atoms with van der Waals surface area (Å²) in [7, 11) is 0. The number of non-ortho nitro benzene ring substituents is 1. The number of nitrogens with zero attached hydrogens (tertiary/aromatic N) is 2. The molecule has 0 radical (unpaired) electrons. The summed E-state index contributed by atoms with van der Waals surface area (Å²) in [6, 6.07) is 3.90. The molecule has 0 aliphatic carbocycles. The van der Waals surface area contributed by atoms with Crippen LogP contribution >= 0.6 is 0 Å². The number of aliphatic hydroxyl groups is 1. The fraction of sp³-hybridized carbons (Fsp3) is 0.500. The number of likely N-dealkylation sites (N-methyl/N-ethyl adjacent to an activating group) is 1. The number of hydrogen-bond acceptors (Lipinski definition) is 4. The molecule has 116 valence electrons. The molecule has 7 heteroatoms. The van der Waals surface area contributed by atoms with Gasteiger partial charge in [0.2, 0.25) is 0 Å². The van der Waals surface area contributed by atoms with Gasteiger partial charge < -0.3 is 15.3 Å². The van der Waals surface area contributed by atoms with Crippen molar-refractivity contribution in [1.29, 1.82) is 0 Å². The molecule has 0 aliphatic rings. The standard InChI is InChI=1S/C14H21N3O4/c1-5-16(9-14(3,4)19)13(18)15-12-8-11(17(20)21)7-6-10(12)2/h6-8,19H,5,9H2,1-4H3,(H,15,18). The third kappa shape index (κ3) is 5.03. The van der Waals surface area contributed by atoms with Crippen LogP contribution in [-0.4, -0.2) is 39.7 Å². The number of carbonyl (C=O) groups is 1. The molecule has 7 nitrogen and oxygen atoms in total. The smallest absolute Gasteiger partial charge is 0.321 e. The Labute approximate surface area is 123 Å². The average molecular weight is 295 g/mol. The first-order valence-electron chi connectivity index (χ1n) is 6.67. The quantitative estimate of drug-likeness (QED) is 0.644. The van der Waals surface area contributed by atoms with Crippen molar-refractivity contribution in [3.63, 3.8) is 0 Å². The molecule has 0 fully saturated rings. The highest BCUT2D eigenvalue weighted by molar-refractivity contribution is 5.90. The SMILES string of the molecule is CCN(CC(C)(C)O)C(=O)Nc1cc([N+](=O)[O-])ccc1C. The lowest BCUT2D eigenvalue weighted by atomic mass is 10.1. The highest BCUT2D eigenvalue weighted by Gasteiger charge is 2.22. The number of nitrogens with one attached hydrogen (secondary N) is 1. The fourth-order valence-electron chi connectivity index (χ4n) is 1.85. The number of anilines is 1. The Morgan fingerprint density at radius 1 is 1.48 bits per heavy atom. The highest BCUT2D eigenvalue weighted by atomic mass is 16.6. The molecule has 21 heavy (non-hydrogen) atoms. The van der Waals surface area contributed by atoms with E-state index >= 15 is 0 Å². The summed E-state index contributed by atoms with van der Waals surface area (Å²) in [5.41, 5.74) is 0.0311. The van der Waals surface area contributed by atoms with Crippen molar-refractivity contribution < 1.29 is 14.8 Å². The second-order valence-electron chi connectivity index (χ2n) is 5.51. The molecule has 1 aromatic rings. The van der Waals surface area contributed by atoms with Crippen LogP contribution in [0.2, 0.25) is 0 Å². The van der Waals surface area contributed by atoms with Crippen molar-refractivity contribution >= 4 is 17.4 Å². The minimum atomic E-state index is -1.01. The van der Waals surface area contributed by atoms with Crippen LogP contribution in [0.3, 0.4) is 0 Å². The molecule has 0 saturated carbocycles. The summed E-state index contributed by atoms with van der Waals surface area (Å²) in [6.07, 6.45) is 0. The molecule has 0 unspecified atom stereocenters. The van der Waals surface area contributed by atoms with Gasteiger partial charge in [0.1, 0.15) is 0 Å². The molecule has 2 N–H and O–H groups in total. The predicted molar refractivity (Wildman–Crippen MR) is 80.4 cm³/mol. The van der Waals surface area contributed by atoms with Gasteiger partial charge in [0.15, 0.2) is 0 Å². The van der Waals surface area contributed by atoms with Gasteiger partial charge in [-0.15, -0.1) is 0 Å². The van der Waals surface area contributed by atoms with E-state index in [-0.39, 0.29) is 12.2 Å². The van der Waals surface area contributed by atoms with Gasteiger partial charge in [0, 0.05) is 18.7 Å². The fourth-order valence-corrected chi connectivity index (χ4v) is 1.85. The molecule has 0 bridgehead atoms. The molecular weight excluding hydrogens is 274 g/mol. The maximum absolute atomic E-state index is 12.2. The summed E-state index contributed by atoms with van der Waals surface area (Å²) < 4.78 is 0. The van der Waals surface area contributed by atoms with Crippen LogP contribution in [0.5, 0.6) is 0 Å². The van der Waals surface area contributed by atoms with E-state index in [0.29, 0.717) is 12.2 Å². The van der Waals surface area contributed by atoms with Gasteiger partial charge in [-0.2, -0.15) is 0 Å². The number of rotatable bonds is 5. The number of amides is 2. The second-order valence-corrected chi connectivity index (χ2v) is 5.51. The van der Waals surface area contributed by atoms with Crippen LogP contribution in [0.1, 0.15) is 26.3 Å². The minimum Gasteiger partial charge on any atom is -0.389 e. The molecule has 1 aromatic carbocycles. The van der Waals surface area contributed by atoms with Crippen molar-refractivity contribution in [1.82, 2.24) is 4.90 Å². The van der Waals surface area contributed by atoms with E-state index in [4.69, 9.17) is 0 Å². The monoisotopic (exact) mass is 295 g/mol. The summed E-state index contributed by atoms with van der Waals surface area (Å²) >= 11 is 0. The predicted octanol–water partition coefficient (Wildman–Crippen LogP) is 2.53. The highest BCUT2D eigenvalue weighted by Crippen LogP contribution is 2.22. The third-order valence-corrected chi connectivity index (χ3v) is 2.92. The topological polar surface area (TPSA) is 95.7 Å². The lowest BCUT2D eigenvalue weighted by molar-refractivity contribution is -0.384. The van der Waals surface area contributed by atoms with Crippen LogP contribution < -0.4 is 5.32 Å². The van der Waals surface area contributed by atoms with Gasteiger partial charge in [-0.25, -0.2) is 4.79 Å². The molecule has 0 atom stereocenters. The lowest BCUT2D eigenvalue weighted by Crippen LogP contribution is -2.44. The van der Waals surface area contributed by atoms with Crippen molar-refractivity contribution in [2.45, 2.75) is 33.3 Å². The van der Waals surface area contributed by atoms with Crippen molar-refractivity contribution in [3.05, 3.63) is 33.9 Å². The van der Waals surface area contributed by atoms with Crippen LogP contribution in [0.15, 0.2) is 18.2 Å². The Kier molecular flexibility index (Phi) is 5.26. The average Bonchev–Trinajstić information content (AvgIpc) is 2.37. The Morgan fingerprint density at radius 3 is 2.57 bits per heavy atom. The van der Waals surface area contributed by atoms with Crippen molar-refractivity contribution in [2.24, 2.45) is 0 Å². The second kappa shape index (κ2) is 6.53. The van der Waals surface area contributed by atoms with E-state index in [0.717, 1.165) is 5.56 Å². The molecule has 0 saturated heterocycles. The molecule has 1 rings (SSSR count). The van der Waals surface area contributed by atoms with Crippen LogP contribution in [0, 0.1) is 17.0 Å². The molecule has 0 aliphatic heterocycles. The van der Waals surface area contributed by atoms with E-state index < -0.39 is 16.6 Å². The number of aryl methyl sites for hydroxylation is 1. The van der Waals surface area contributed by atoms with Gasteiger partial charge in [-0.3, -0.25) is 10.1 Å². The Hall–Kier alpha value is -2.15. The van der Waals surface area contributed by atoms with Crippen molar-refractivity contribution in [3.8, 4) is 0 Å². The lowest BCUT2D eigenvalue weighted by Gasteiger charge is -2.28. The Balaban J connectivity index is 2.91. The first-order valence-corrected chi connectivity index (χ1v) is 6.67. The number of nitro groups is 1. The van der Waals surface area contributed by atoms with Gasteiger partial charge in [-0.05, 0) is 33.3 Å². The first kappa shape index (κ1) is 16.9. The zero-order valence-corrected chi connectivity index (χ0v) is 12.7. The number of benzene rings is 1. The zero-order valence-electron chi connectivity index (χ0n) is 12.7. The van der Waals surface area contributed by atoms with Gasteiger partial charge in [-0.1, -0.05) is 6.07 Å². The van der Waals surface area contributed by atoms with Gasteiger partial charge >= 0.3 is 6.03 Å². The first-order chi connectivity index (χ1) is 9.64. The molecule has 0 aromatic heterocycles. The summed E-state index contributed by atoms with van der Waals surface area (Å²) in [6.45, 7) is 7.37. The summed E-state index contributed by atoms with van der Waals surface area (Å²) in [5, 5.41) is 23.2. The molecular formula is C14H21N3O4. The van der Waals surface area contributed by atoms with Crippen LogP contribution in [0.25, 0.3) is 0 Å². The zero-order chi connectivity index (χ0) is 16.2. The van der Waals surface area contributed by atoms with E-state index in [1.54, 1.807) is 33.8 Å². The number of urea groups is 1. The van der Waals surface area contributed by atoms with Crippen LogP contribution in [0.4, 0.5) is 16.2 Å². The van der Waals surface area contributed by atoms with Gasteiger partial charge in [0.25, 0.3) is 5.69 Å². The Bertz CT molecular complexity index is 538. The van der Waals surface area contributed by atoms with Gasteiger partial charge in [0.05, 0.1) is 22.8 Å². The molecule has 0 heterocycles. The summed E-state index contributed by atoms with van der Waals surface area (Å²) in [5.74, 6) is 0. The van der Waals surface area contributed by atoms with Crippen molar-refractivity contribution in [2.75, 3.05) is 18.4 Å². The Morgan fingerprint density at radius 2 is 2.10 bits per heavy atom. The van der Waals surface area contributed by atoms with E-state index in [1.807, 2.05) is 0 Å². The molecule has 2 amide bonds. The maximum atomic E-state index is 12.2. The number of hydrogen-bond donors (Lipinski definition) is 2. The van der Waals surface area contributed by atoms with E-state index in [2.05, 4.69) is 5.32 Å².